The van der Waals surface area contributed by atoms with E-state index in [-0.39, 0.29) is 0 Å². The third-order valence-electron chi connectivity index (χ3n) is 1.55. The Morgan fingerprint density at radius 1 is 1.46 bits per heavy atom. The zero-order chi connectivity index (χ0) is 9.84. The Kier molecular flexibility index (Phi) is 4.07. The summed E-state index contributed by atoms with van der Waals surface area (Å²) in [4.78, 5) is 1.30. The van der Waals surface area contributed by atoms with Gasteiger partial charge in [0.25, 0.3) is 0 Å². The van der Waals surface area contributed by atoms with E-state index in [0.29, 0.717) is 5.25 Å². The van der Waals surface area contributed by atoms with Gasteiger partial charge in [-0.3, -0.25) is 0 Å². The second-order valence-corrected chi connectivity index (χ2v) is 5.59. The Hall–Kier alpha value is -0.210. The van der Waals surface area contributed by atoms with Gasteiger partial charge in [-0.05, 0) is 23.8 Å². The summed E-state index contributed by atoms with van der Waals surface area (Å²) in [6, 6.07) is 6.29. The summed E-state index contributed by atoms with van der Waals surface area (Å²) in [7, 11) is 0. The van der Waals surface area contributed by atoms with Gasteiger partial charge in [-0.15, -0.1) is 11.8 Å². The van der Waals surface area contributed by atoms with E-state index in [2.05, 4.69) is 54.6 Å². The molecule has 0 aromatic heterocycles. The van der Waals surface area contributed by atoms with Crippen molar-refractivity contribution in [2.75, 3.05) is 0 Å². The molecule has 0 heterocycles. The number of halogens is 1. The van der Waals surface area contributed by atoms with Gasteiger partial charge in [-0.25, -0.2) is 0 Å². The molecule has 2 heteroatoms. The molecule has 0 aliphatic rings. The van der Waals surface area contributed by atoms with E-state index in [1.807, 2.05) is 17.8 Å². The van der Waals surface area contributed by atoms with E-state index in [4.69, 9.17) is 0 Å². The molecule has 0 bridgehead atoms. The second kappa shape index (κ2) is 4.87. The molecular formula is C11H13BrS. The van der Waals surface area contributed by atoms with Crippen LogP contribution in [0.3, 0.4) is 0 Å². The van der Waals surface area contributed by atoms with Gasteiger partial charge in [0.05, 0.1) is 0 Å². The molecule has 0 saturated carbocycles. The van der Waals surface area contributed by atoms with Crippen LogP contribution in [-0.2, 0) is 0 Å². The average molecular weight is 257 g/mol. The molecule has 1 aromatic carbocycles. The molecule has 0 N–H and O–H groups in total. The van der Waals surface area contributed by atoms with E-state index in [0.717, 1.165) is 4.47 Å². The lowest BCUT2D eigenvalue weighted by Gasteiger charge is -2.08. The Bertz CT molecular complexity index is 305. The number of benzene rings is 1. The van der Waals surface area contributed by atoms with Crippen molar-refractivity contribution < 1.29 is 0 Å². The SMILES string of the molecule is C=Cc1cc(Br)ccc1SC(C)C. The summed E-state index contributed by atoms with van der Waals surface area (Å²) in [5.41, 5.74) is 1.20. The molecule has 1 aromatic rings. The highest BCUT2D eigenvalue weighted by Crippen LogP contribution is 2.29. The number of thioether (sulfide) groups is 1. The van der Waals surface area contributed by atoms with Crippen LogP contribution in [0, 0.1) is 0 Å². The topological polar surface area (TPSA) is 0 Å². The van der Waals surface area contributed by atoms with E-state index in [1.54, 1.807) is 0 Å². The van der Waals surface area contributed by atoms with Gasteiger partial charge in [0.15, 0.2) is 0 Å². The molecule has 1 rings (SSSR count). The zero-order valence-corrected chi connectivity index (χ0v) is 10.3. The molecule has 70 valence electrons. The van der Waals surface area contributed by atoms with Crippen LogP contribution in [-0.4, -0.2) is 5.25 Å². The maximum atomic E-state index is 3.81. The molecule has 0 atom stereocenters. The number of hydrogen-bond donors (Lipinski definition) is 0. The molecular weight excluding hydrogens is 244 g/mol. The molecule has 0 aliphatic carbocycles. The maximum Gasteiger partial charge on any atom is 0.0182 e. The van der Waals surface area contributed by atoms with Crippen LogP contribution in [0.2, 0.25) is 0 Å². The van der Waals surface area contributed by atoms with Gasteiger partial charge in [-0.2, -0.15) is 0 Å². The van der Waals surface area contributed by atoms with Gasteiger partial charge in [0.1, 0.15) is 0 Å². The van der Waals surface area contributed by atoms with Crippen molar-refractivity contribution in [1.82, 2.24) is 0 Å². The van der Waals surface area contributed by atoms with Crippen molar-refractivity contribution in [3.8, 4) is 0 Å². The number of rotatable bonds is 3. The molecule has 0 saturated heterocycles. The van der Waals surface area contributed by atoms with Crippen molar-refractivity contribution in [2.24, 2.45) is 0 Å². The Labute approximate surface area is 92.6 Å². The van der Waals surface area contributed by atoms with Crippen LogP contribution in [0.1, 0.15) is 19.4 Å². The van der Waals surface area contributed by atoms with Gasteiger partial charge in [0, 0.05) is 14.6 Å². The normalized spacial score (nSPS) is 10.5. The highest BCUT2D eigenvalue weighted by Gasteiger charge is 2.02. The average Bonchev–Trinajstić information content (AvgIpc) is 2.07. The van der Waals surface area contributed by atoms with Crippen LogP contribution in [0.4, 0.5) is 0 Å². The molecule has 13 heavy (non-hydrogen) atoms. The minimum atomic E-state index is 0.611. The standard InChI is InChI=1S/C11H13BrS/c1-4-9-7-10(12)5-6-11(9)13-8(2)3/h4-8H,1H2,2-3H3. The molecule has 0 amide bonds. The van der Waals surface area contributed by atoms with Crippen molar-refractivity contribution >= 4 is 33.8 Å². The summed E-state index contributed by atoms with van der Waals surface area (Å²) < 4.78 is 1.11. The summed E-state index contributed by atoms with van der Waals surface area (Å²) in [6.07, 6.45) is 1.90. The minimum absolute atomic E-state index is 0.611. The Morgan fingerprint density at radius 3 is 2.69 bits per heavy atom. The number of hydrogen-bond acceptors (Lipinski definition) is 1. The molecule has 0 unspecified atom stereocenters. The molecule has 0 nitrogen and oxygen atoms in total. The Morgan fingerprint density at radius 2 is 2.15 bits per heavy atom. The molecule has 0 fully saturated rings. The first kappa shape index (κ1) is 10.9. The summed E-state index contributed by atoms with van der Waals surface area (Å²) in [6.45, 7) is 8.19. The van der Waals surface area contributed by atoms with Crippen molar-refractivity contribution in [3.05, 3.63) is 34.8 Å². The lowest BCUT2D eigenvalue weighted by atomic mass is 10.2. The quantitative estimate of drug-likeness (QED) is 0.713. The largest absolute Gasteiger partial charge is 0.123 e. The molecule has 0 radical (unpaired) electrons. The van der Waals surface area contributed by atoms with Gasteiger partial charge in [-0.1, -0.05) is 42.4 Å². The van der Waals surface area contributed by atoms with Gasteiger partial charge >= 0.3 is 0 Å². The fraction of sp³-hybridized carbons (Fsp3) is 0.273. The zero-order valence-electron chi connectivity index (χ0n) is 7.88. The Balaban J connectivity index is 2.99. The highest BCUT2D eigenvalue weighted by molar-refractivity contribution is 9.10. The highest BCUT2D eigenvalue weighted by atomic mass is 79.9. The predicted molar refractivity (Wildman–Crippen MR) is 65.2 cm³/mol. The fourth-order valence-electron chi connectivity index (χ4n) is 1.04. The van der Waals surface area contributed by atoms with Crippen molar-refractivity contribution in [2.45, 2.75) is 24.0 Å². The fourth-order valence-corrected chi connectivity index (χ4v) is 2.35. The van der Waals surface area contributed by atoms with Crippen molar-refractivity contribution in [1.29, 1.82) is 0 Å². The third-order valence-corrected chi connectivity index (χ3v) is 3.14. The second-order valence-electron chi connectivity index (χ2n) is 3.05. The summed E-state index contributed by atoms with van der Waals surface area (Å²) >= 11 is 5.31. The maximum absolute atomic E-state index is 3.81. The summed E-state index contributed by atoms with van der Waals surface area (Å²) in [5.74, 6) is 0. The first-order valence-electron chi connectivity index (χ1n) is 4.22. The summed E-state index contributed by atoms with van der Waals surface area (Å²) in [5, 5.41) is 0.611. The monoisotopic (exact) mass is 256 g/mol. The lowest BCUT2D eigenvalue weighted by molar-refractivity contribution is 1.11. The van der Waals surface area contributed by atoms with E-state index >= 15 is 0 Å². The van der Waals surface area contributed by atoms with Gasteiger partial charge in [0.2, 0.25) is 0 Å². The van der Waals surface area contributed by atoms with E-state index in [1.165, 1.54) is 10.5 Å². The van der Waals surface area contributed by atoms with Crippen LogP contribution in [0.15, 0.2) is 34.1 Å². The van der Waals surface area contributed by atoms with E-state index < -0.39 is 0 Å². The van der Waals surface area contributed by atoms with Crippen molar-refractivity contribution in [3.63, 3.8) is 0 Å². The van der Waals surface area contributed by atoms with Crippen LogP contribution < -0.4 is 0 Å². The van der Waals surface area contributed by atoms with Crippen LogP contribution in [0.5, 0.6) is 0 Å². The minimum Gasteiger partial charge on any atom is -0.123 e. The predicted octanol–water partition coefficient (Wildman–Crippen LogP) is 4.59. The lowest BCUT2D eigenvalue weighted by Crippen LogP contribution is -1.88. The van der Waals surface area contributed by atoms with Crippen LogP contribution in [0.25, 0.3) is 6.08 Å². The molecule has 0 spiro atoms. The first-order valence-corrected chi connectivity index (χ1v) is 5.89. The first-order chi connectivity index (χ1) is 6.13. The molecule has 0 aliphatic heterocycles. The van der Waals surface area contributed by atoms with Gasteiger partial charge < -0.3 is 0 Å². The third kappa shape index (κ3) is 3.20. The van der Waals surface area contributed by atoms with Crippen LogP contribution >= 0.6 is 27.7 Å². The smallest absolute Gasteiger partial charge is 0.0182 e. The van der Waals surface area contributed by atoms with E-state index in [9.17, 15) is 0 Å².